The number of guanidine groups is 1. The van der Waals surface area contributed by atoms with Crippen LogP contribution in [-0.2, 0) is 13.1 Å². The van der Waals surface area contributed by atoms with Crippen LogP contribution in [0.25, 0.3) is 0 Å². The van der Waals surface area contributed by atoms with Gasteiger partial charge < -0.3 is 24.8 Å². The minimum absolute atomic E-state index is 0. The lowest BCUT2D eigenvalue weighted by atomic mass is 10.1. The fourth-order valence-corrected chi connectivity index (χ4v) is 2.67. The lowest BCUT2D eigenvalue weighted by Crippen LogP contribution is -2.36. The molecule has 0 atom stereocenters. The zero-order valence-electron chi connectivity index (χ0n) is 15.8. The SMILES string of the molecule is CN=C(NCc1ccccc1Cl)NCc1c(OC)cc(OC)cc1OC.I. The van der Waals surface area contributed by atoms with Gasteiger partial charge in [0, 0.05) is 30.7 Å². The first-order chi connectivity index (χ1) is 12.6. The molecule has 0 aliphatic carbocycles. The molecule has 0 aromatic heterocycles. The molecule has 0 fully saturated rings. The molecule has 0 heterocycles. The Morgan fingerprint density at radius 1 is 0.963 bits per heavy atom. The van der Waals surface area contributed by atoms with Gasteiger partial charge in [0.05, 0.1) is 33.4 Å². The Kier molecular flexibility index (Phi) is 10.1. The second-order valence-corrected chi connectivity index (χ2v) is 5.79. The monoisotopic (exact) mass is 505 g/mol. The largest absolute Gasteiger partial charge is 0.496 e. The van der Waals surface area contributed by atoms with Gasteiger partial charge in [-0.1, -0.05) is 29.8 Å². The Labute approximate surface area is 182 Å². The van der Waals surface area contributed by atoms with Crippen LogP contribution >= 0.6 is 35.6 Å². The molecule has 0 saturated carbocycles. The van der Waals surface area contributed by atoms with Crippen molar-refractivity contribution in [3.8, 4) is 17.2 Å². The third-order valence-corrected chi connectivity index (χ3v) is 4.25. The third-order valence-electron chi connectivity index (χ3n) is 3.88. The number of benzene rings is 2. The van der Waals surface area contributed by atoms with Crippen LogP contribution < -0.4 is 24.8 Å². The average Bonchev–Trinajstić information content (AvgIpc) is 2.68. The molecule has 0 spiro atoms. The van der Waals surface area contributed by atoms with Crippen LogP contribution in [0, 0.1) is 0 Å². The number of halogens is 2. The van der Waals surface area contributed by atoms with Gasteiger partial charge in [-0.25, -0.2) is 0 Å². The van der Waals surface area contributed by atoms with E-state index in [0.29, 0.717) is 41.3 Å². The molecule has 2 N–H and O–H groups in total. The van der Waals surface area contributed by atoms with Crippen LogP contribution in [0.2, 0.25) is 5.02 Å². The summed E-state index contributed by atoms with van der Waals surface area (Å²) < 4.78 is 16.2. The Bertz CT molecular complexity index is 747. The van der Waals surface area contributed by atoms with E-state index in [-0.39, 0.29) is 24.0 Å². The quantitative estimate of drug-likeness (QED) is 0.340. The number of nitrogens with zero attached hydrogens (tertiary/aromatic N) is 1. The number of ether oxygens (including phenoxy) is 3. The molecule has 27 heavy (non-hydrogen) atoms. The molecule has 0 unspecified atom stereocenters. The summed E-state index contributed by atoms with van der Waals surface area (Å²) in [5.41, 5.74) is 1.87. The molecule has 8 heteroatoms. The van der Waals surface area contributed by atoms with Crippen molar-refractivity contribution >= 4 is 41.5 Å². The van der Waals surface area contributed by atoms with Crippen molar-refractivity contribution in [1.29, 1.82) is 0 Å². The van der Waals surface area contributed by atoms with Gasteiger partial charge in [0.1, 0.15) is 17.2 Å². The summed E-state index contributed by atoms with van der Waals surface area (Å²) in [5, 5.41) is 7.22. The van der Waals surface area contributed by atoms with E-state index in [0.717, 1.165) is 11.1 Å². The topological polar surface area (TPSA) is 64.1 Å². The Morgan fingerprint density at radius 3 is 2.07 bits per heavy atom. The first-order valence-corrected chi connectivity index (χ1v) is 8.47. The number of aliphatic imine (C=N–C) groups is 1. The highest BCUT2D eigenvalue weighted by Gasteiger charge is 2.14. The number of nitrogens with one attached hydrogen (secondary N) is 2. The maximum absolute atomic E-state index is 6.19. The summed E-state index contributed by atoms with van der Waals surface area (Å²) >= 11 is 6.19. The number of hydrogen-bond acceptors (Lipinski definition) is 4. The van der Waals surface area contributed by atoms with Crippen molar-refractivity contribution in [3.63, 3.8) is 0 Å². The molecule has 2 rings (SSSR count). The van der Waals surface area contributed by atoms with Gasteiger partial charge in [-0.05, 0) is 11.6 Å². The van der Waals surface area contributed by atoms with Gasteiger partial charge >= 0.3 is 0 Å². The summed E-state index contributed by atoms with van der Waals surface area (Å²) in [6.45, 7) is 1.04. The zero-order chi connectivity index (χ0) is 18.9. The van der Waals surface area contributed by atoms with E-state index in [2.05, 4.69) is 15.6 Å². The van der Waals surface area contributed by atoms with Gasteiger partial charge in [0.15, 0.2) is 5.96 Å². The fraction of sp³-hybridized carbons (Fsp3) is 0.316. The van der Waals surface area contributed by atoms with Gasteiger partial charge in [0.25, 0.3) is 0 Å². The van der Waals surface area contributed by atoms with Crippen LogP contribution in [0.3, 0.4) is 0 Å². The average molecular weight is 506 g/mol. The highest BCUT2D eigenvalue weighted by molar-refractivity contribution is 14.0. The number of rotatable bonds is 7. The Balaban J connectivity index is 0.00000364. The van der Waals surface area contributed by atoms with Crippen molar-refractivity contribution in [2.24, 2.45) is 4.99 Å². The van der Waals surface area contributed by atoms with E-state index in [1.54, 1.807) is 28.4 Å². The molecule has 148 valence electrons. The fourth-order valence-electron chi connectivity index (χ4n) is 2.47. The van der Waals surface area contributed by atoms with E-state index in [1.165, 1.54) is 0 Å². The maximum atomic E-state index is 6.19. The molecule has 0 amide bonds. The number of methoxy groups -OCH3 is 3. The minimum Gasteiger partial charge on any atom is -0.496 e. The lowest BCUT2D eigenvalue weighted by molar-refractivity contribution is 0.368. The van der Waals surface area contributed by atoms with Crippen molar-refractivity contribution < 1.29 is 14.2 Å². The zero-order valence-corrected chi connectivity index (χ0v) is 18.9. The summed E-state index contributed by atoms with van der Waals surface area (Å²) in [7, 11) is 6.54. The summed E-state index contributed by atoms with van der Waals surface area (Å²) in [4.78, 5) is 4.24. The molecule has 0 radical (unpaired) electrons. The molecule has 0 aliphatic heterocycles. The summed E-state index contributed by atoms with van der Waals surface area (Å²) in [5.74, 6) is 2.67. The normalized spacial score (nSPS) is 10.6. The smallest absolute Gasteiger partial charge is 0.191 e. The van der Waals surface area contributed by atoms with E-state index in [1.807, 2.05) is 36.4 Å². The maximum Gasteiger partial charge on any atom is 0.191 e. The van der Waals surface area contributed by atoms with E-state index in [9.17, 15) is 0 Å². The first kappa shape index (κ1) is 23.2. The molecule has 2 aromatic rings. The lowest BCUT2D eigenvalue weighted by Gasteiger charge is -2.17. The predicted molar refractivity (Wildman–Crippen MR) is 120 cm³/mol. The summed E-state index contributed by atoms with van der Waals surface area (Å²) in [6, 6.07) is 11.3. The molecule has 0 saturated heterocycles. The molecule has 2 aromatic carbocycles. The van der Waals surface area contributed by atoms with Gasteiger partial charge in [-0.2, -0.15) is 0 Å². The van der Waals surface area contributed by atoms with Crippen LogP contribution in [0.15, 0.2) is 41.4 Å². The van der Waals surface area contributed by atoms with Crippen molar-refractivity contribution in [2.75, 3.05) is 28.4 Å². The second kappa shape index (κ2) is 11.8. The standard InChI is InChI=1S/C19H24ClN3O3.HI/c1-21-19(22-11-13-7-5-6-8-16(13)20)23-12-15-17(25-3)9-14(24-2)10-18(15)26-4;/h5-10H,11-12H2,1-4H3,(H2,21,22,23);1H. The van der Waals surface area contributed by atoms with Crippen LogP contribution in [0.4, 0.5) is 0 Å². The molecular formula is C19H25ClIN3O3. The minimum atomic E-state index is 0. The van der Waals surface area contributed by atoms with Crippen LogP contribution in [0.5, 0.6) is 17.2 Å². The molecular weight excluding hydrogens is 481 g/mol. The van der Waals surface area contributed by atoms with Crippen LogP contribution in [-0.4, -0.2) is 34.3 Å². The highest BCUT2D eigenvalue weighted by atomic mass is 127. The first-order valence-electron chi connectivity index (χ1n) is 8.09. The van der Waals surface area contributed by atoms with E-state index >= 15 is 0 Å². The van der Waals surface area contributed by atoms with Crippen molar-refractivity contribution in [2.45, 2.75) is 13.1 Å². The van der Waals surface area contributed by atoms with Gasteiger partial charge in [-0.3, -0.25) is 4.99 Å². The van der Waals surface area contributed by atoms with Crippen molar-refractivity contribution in [3.05, 3.63) is 52.5 Å². The van der Waals surface area contributed by atoms with Crippen LogP contribution in [0.1, 0.15) is 11.1 Å². The highest BCUT2D eigenvalue weighted by Crippen LogP contribution is 2.33. The Morgan fingerprint density at radius 2 is 1.56 bits per heavy atom. The van der Waals surface area contributed by atoms with E-state index < -0.39 is 0 Å². The Hall–Kier alpha value is -1.87. The van der Waals surface area contributed by atoms with Gasteiger partial charge in [-0.15, -0.1) is 24.0 Å². The van der Waals surface area contributed by atoms with Gasteiger partial charge in [0.2, 0.25) is 0 Å². The predicted octanol–water partition coefficient (Wildman–Crippen LogP) is 3.85. The molecule has 0 bridgehead atoms. The molecule has 6 nitrogen and oxygen atoms in total. The third kappa shape index (κ3) is 6.35. The van der Waals surface area contributed by atoms with Crippen molar-refractivity contribution in [1.82, 2.24) is 10.6 Å². The second-order valence-electron chi connectivity index (χ2n) is 5.38. The number of hydrogen-bond donors (Lipinski definition) is 2. The summed E-state index contributed by atoms with van der Waals surface area (Å²) in [6.07, 6.45) is 0. The van der Waals surface area contributed by atoms with E-state index in [4.69, 9.17) is 25.8 Å². The molecule has 0 aliphatic rings.